The zero-order chi connectivity index (χ0) is 22.9. The van der Waals surface area contributed by atoms with E-state index in [0.717, 1.165) is 0 Å². The van der Waals surface area contributed by atoms with Gasteiger partial charge >= 0.3 is 0 Å². The van der Waals surface area contributed by atoms with Crippen LogP contribution in [-0.2, 0) is 10.0 Å². The molecule has 1 amide bonds. The van der Waals surface area contributed by atoms with Gasteiger partial charge in [0.2, 0.25) is 0 Å². The number of hydrogen-bond acceptors (Lipinski definition) is 6. The number of amides is 1. The Kier molecular flexibility index (Phi) is 6.25. The van der Waals surface area contributed by atoms with Crippen molar-refractivity contribution in [3.63, 3.8) is 0 Å². The largest absolute Gasteiger partial charge is 0.497 e. The molecule has 0 fully saturated rings. The van der Waals surface area contributed by atoms with Crippen molar-refractivity contribution in [2.45, 2.75) is 4.90 Å². The Bertz CT molecular complexity index is 1380. The number of thiazole rings is 1. The van der Waals surface area contributed by atoms with Gasteiger partial charge in [0.25, 0.3) is 15.9 Å². The number of nitrogens with one attached hydrogen (secondary N) is 2. The van der Waals surface area contributed by atoms with Gasteiger partial charge in [-0.25, -0.2) is 13.4 Å². The number of fused-ring (bicyclic) bond motifs is 1. The molecular weight excluding hydrogens is 493 g/mol. The summed E-state index contributed by atoms with van der Waals surface area (Å²) in [6.45, 7) is 0. The summed E-state index contributed by atoms with van der Waals surface area (Å²) in [4.78, 5) is 17.3. The fourth-order valence-electron chi connectivity index (χ4n) is 2.89. The molecule has 4 aromatic rings. The minimum absolute atomic E-state index is 0.0315. The molecule has 0 bridgehead atoms. The first-order chi connectivity index (χ1) is 15.3. The first-order valence-corrected chi connectivity index (χ1v) is 12.2. The quantitative estimate of drug-likeness (QED) is 0.350. The van der Waals surface area contributed by atoms with E-state index < -0.39 is 15.9 Å². The number of sulfonamides is 1. The standard InChI is InChI=1S/C21H15Cl2N3O4S2/c1-30-12-6-8-13(9-7-12)32(28,29)26-17-5-3-2-4-14(17)20(27)25-21-24-18-15(22)10-11-16(23)19(18)31-21/h2-11,26H,1H3,(H,24,25,27). The van der Waals surface area contributed by atoms with Crippen LogP contribution in [0.2, 0.25) is 10.0 Å². The molecule has 0 unspecified atom stereocenters. The molecule has 0 atom stereocenters. The van der Waals surface area contributed by atoms with Crippen LogP contribution in [0.4, 0.5) is 10.8 Å². The van der Waals surface area contributed by atoms with Crippen LogP contribution in [0.1, 0.15) is 10.4 Å². The van der Waals surface area contributed by atoms with Crippen molar-refractivity contribution in [2.75, 3.05) is 17.1 Å². The summed E-state index contributed by atoms with van der Waals surface area (Å²) in [5.74, 6) is -0.0101. The second-order valence-corrected chi connectivity index (χ2v) is 10.0. The summed E-state index contributed by atoms with van der Waals surface area (Å²) >= 11 is 13.5. The highest BCUT2D eigenvalue weighted by Gasteiger charge is 2.20. The SMILES string of the molecule is COc1ccc(S(=O)(=O)Nc2ccccc2C(=O)Nc2nc3c(Cl)ccc(Cl)c3s2)cc1. The molecule has 7 nitrogen and oxygen atoms in total. The van der Waals surface area contributed by atoms with Crippen LogP contribution >= 0.6 is 34.5 Å². The molecule has 1 heterocycles. The van der Waals surface area contributed by atoms with Gasteiger partial charge in [-0.2, -0.15) is 0 Å². The van der Waals surface area contributed by atoms with Crippen molar-refractivity contribution in [3.05, 3.63) is 76.3 Å². The molecule has 11 heteroatoms. The van der Waals surface area contributed by atoms with Gasteiger partial charge in [0, 0.05) is 0 Å². The van der Waals surface area contributed by atoms with Crippen LogP contribution < -0.4 is 14.8 Å². The Morgan fingerprint density at radius 2 is 1.69 bits per heavy atom. The van der Waals surface area contributed by atoms with E-state index in [1.54, 1.807) is 24.3 Å². The van der Waals surface area contributed by atoms with Crippen molar-refractivity contribution in [3.8, 4) is 5.75 Å². The van der Waals surface area contributed by atoms with Gasteiger partial charge in [-0.05, 0) is 48.5 Å². The Morgan fingerprint density at radius 3 is 2.38 bits per heavy atom. The average Bonchev–Trinajstić information content (AvgIpc) is 3.21. The molecule has 164 valence electrons. The summed E-state index contributed by atoms with van der Waals surface area (Å²) in [5, 5.41) is 3.85. The van der Waals surface area contributed by atoms with E-state index in [9.17, 15) is 13.2 Å². The van der Waals surface area contributed by atoms with E-state index in [0.29, 0.717) is 26.0 Å². The monoisotopic (exact) mass is 507 g/mol. The molecule has 0 saturated carbocycles. The lowest BCUT2D eigenvalue weighted by atomic mass is 10.2. The van der Waals surface area contributed by atoms with Gasteiger partial charge in [-0.1, -0.05) is 46.7 Å². The Morgan fingerprint density at radius 1 is 1.00 bits per heavy atom. The summed E-state index contributed by atoms with van der Waals surface area (Å²) in [6, 6.07) is 15.5. The van der Waals surface area contributed by atoms with Gasteiger partial charge in [-0.3, -0.25) is 14.8 Å². The van der Waals surface area contributed by atoms with E-state index in [2.05, 4.69) is 15.0 Å². The van der Waals surface area contributed by atoms with Crippen LogP contribution in [0.5, 0.6) is 5.75 Å². The molecule has 0 aliphatic heterocycles. The normalized spacial score (nSPS) is 11.3. The van der Waals surface area contributed by atoms with Crippen molar-refractivity contribution in [1.82, 2.24) is 4.98 Å². The highest BCUT2D eigenvalue weighted by atomic mass is 35.5. The van der Waals surface area contributed by atoms with Crippen molar-refractivity contribution in [2.24, 2.45) is 0 Å². The van der Waals surface area contributed by atoms with E-state index in [1.807, 2.05) is 0 Å². The number of anilines is 2. The molecule has 0 saturated heterocycles. The summed E-state index contributed by atoms with van der Waals surface area (Å²) in [7, 11) is -2.44. The average molecular weight is 508 g/mol. The number of nitrogens with zero attached hydrogens (tertiary/aromatic N) is 1. The summed E-state index contributed by atoms with van der Waals surface area (Å²) < 4.78 is 33.8. The zero-order valence-electron chi connectivity index (χ0n) is 16.4. The fourth-order valence-corrected chi connectivity index (χ4v) is 5.39. The first-order valence-electron chi connectivity index (χ1n) is 9.10. The Balaban J connectivity index is 1.61. The molecule has 0 aliphatic rings. The number of carbonyl (C=O) groups is 1. The topological polar surface area (TPSA) is 97.4 Å². The molecular formula is C21H15Cl2N3O4S2. The molecule has 1 aromatic heterocycles. The van der Waals surface area contributed by atoms with Crippen molar-refractivity contribution < 1.29 is 17.9 Å². The minimum Gasteiger partial charge on any atom is -0.497 e. The number of rotatable bonds is 6. The predicted molar refractivity (Wildman–Crippen MR) is 128 cm³/mol. The molecule has 3 aromatic carbocycles. The molecule has 0 aliphatic carbocycles. The van der Waals surface area contributed by atoms with Gasteiger partial charge in [-0.15, -0.1) is 0 Å². The second-order valence-electron chi connectivity index (χ2n) is 6.51. The maximum absolute atomic E-state index is 12.9. The third kappa shape index (κ3) is 4.51. The molecule has 0 radical (unpaired) electrons. The molecule has 4 rings (SSSR count). The van der Waals surface area contributed by atoms with Crippen LogP contribution in [0.15, 0.2) is 65.6 Å². The summed E-state index contributed by atoms with van der Waals surface area (Å²) in [6.07, 6.45) is 0. The van der Waals surface area contributed by atoms with Crippen LogP contribution in [0, 0.1) is 0 Å². The van der Waals surface area contributed by atoms with Gasteiger partial charge in [0.15, 0.2) is 5.13 Å². The molecule has 2 N–H and O–H groups in total. The number of carbonyl (C=O) groups excluding carboxylic acids is 1. The third-order valence-electron chi connectivity index (χ3n) is 4.45. The Hall–Kier alpha value is -2.85. The maximum Gasteiger partial charge on any atom is 0.261 e. The number of ether oxygens (including phenoxy) is 1. The minimum atomic E-state index is -3.93. The Labute approximate surface area is 198 Å². The van der Waals surface area contributed by atoms with Gasteiger partial charge in [0.05, 0.1) is 38.0 Å². The summed E-state index contributed by atoms with van der Waals surface area (Å²) in [5.41, 5.74) is 0.729. The van der Waals surface area contributed by atoms with Crippen molar-refractivity contribution >= 4 is 71.5 Å². The van der Waals surface area contributed by atoms with Gasteiger partial charge < -0.3 is 4.74 Å². The van der Waals surface area contributed by atoms with Crippen LogP contribution in [-0.4, -0.2) is 26.4 Å². The molecule has 0 spiro atoms. The van der Waals surface area contributed by atoms with Crippen molar-refractivity contribution in [1.29, 1.82) is 0 Å². The lowest BCUT2D eigenvalue weighted by molar-refractivity contribution is 0.102. The number of para-hydroxylation sites is 1. The van der Waals surface area contributed by atoms with E-state index in [4.69, 9.17) is 27.9 Å². The highest BCUT2D eigenvalue weighted by Crippen LogP contribution is 2.36. The number of hydrogen-bond donors (Lipinski definition) is 2. The predicted octanol–water partition coefficient (Wildman–Crippen LogP) is 5.66. The lowest BCUT2D eigenvalue weighted by Crippen LogP contribution is -2.18. The third-order valence-corrected chi connectivity index (χ3v) is 7.57. The van der Waals surface area contributed by atoms with E-state index in [-0.39, 0.29) is 21.3 Å². The highest BCUT2D eigenvalue weighted by molar-refractivity contribution is 7.92. The maximum atomic E-state index is 12.9. The number of halogens is 2. The lowest BCUT2D eigenvalue weighted by Gasteiger charge is -2.12. The first kappa shape index (κ1) is 22.3. The molecule has 32 heavy (non-hydrogen) atoms. The number of methoxy groups -OCH3 is 1. The smallest absolute Gasteiger partial charge is 0.261 e. The van der Waals surface area contributed by atoms with Crippen LogP contribution in [0.25, 0.3) is 10.2 Å². The van der Waals surface area contributed by atoms with Gasteiger partial charge in [0.1, 0.15) is 11.3 Å². The number of benzene rings is 3. The zero-order valence-corrected chi connectivity index (χ0v) is 19.6. The van der Waals surface area contributed by atoms with Crippen LogP contribution in [0.3, 0.4) is 0 Å². The van der Waals surface area contributed by atoms with E-state index in [1.165, 1.54) is 54.8 Å². The second kappa shape index (κ2) is 8.95. The van der Waals surface area contributed by atoms with E-state index >= 15 is 0 Å². The number of aromatic nitrogens is 1. The fraction of sp³-hybridized carbons (Fsp3) is 0.0476.